The van der Waals surface area contributed by atoms with Crippen LogP contribution in [0.15, 0.2) is 36.4 Å². The third-order valence-electron chi connectivity index (χ3n) is 3.99. The minimum atomic E-state index is 0.705. The molecule has 2 aromatic carbocycles. The van der Waals surface area contributed by atoms with E-state index in [0.29, 0.717) is 5.56 Å². The zero-order valence-corrected chi connectivity index (χ0v) is 13.5. The van der Waals surface area contributed by atoms with Crippen molar-refractivity contribution in [2.75, 3.05) is 6.61 Å². The molecule has 0 spiro atoms. The second kappa shape index (κ2) is 9.24. The number of hydrogen-bond acceptors (Lipinski definition) is 2. The van der Waals surface area contributed by atoms with Gasteiger partial charge in [-0.1, -0.05) is 63.6 Å². The summed E-state index contributed by atoms with van der Waals surface area (Å²) in [6, 6.07) is 11.8. The largest absolute Gasteiger partial charge is 0.494 e. The highest BCUT2D eigenvalue weighted by atomic mass is 16.5. The topological polar surface area (TPSA) is 26.3 Å². The molecule has 22 heavy (non-hydrogen) atoms. The molecule has 2 rings (SSSR count). The maximum absolute atomic E-state index is 10.8. The van der Waals surface area contributed by atoms with Gasteiger partial charge in [-0.15, -0.1) is 0 Å². The Bertz CT molecular complexity index is 589. The molecule has 2 heteroatoms. The molecule has 0 heterocycles. The zero-order chi connectivity index (χ0) is 15.6. The van der Waals surface area contributed by atoms with Gasteiger partial charge in [-0.3, -0.25) is 4.79 Å². The minimum Gasteiger partial charge on any atom is -0.494 e. The van der Waals surface area contributed by atoms with Crippen LogP contribution in [-0.4, -0.2) is 12.9 Å². The van der Waals surface area contributed by atoms with Crippen LogP contribution in [0.5, 0.6) is 5.75 Å². The molecule has 0 aliphatic heterocycles. The highest BCUT2D eigenvalue weighted by Crippen LogP contribution is 2.22. The van der Waals surface area contributed by atoms with E-state index in [1.807, 2.05) is 36.4 Å². The second-order valence-corrected chi connectivity index (χ2v) is 5.86. The Morgan fingerprint density at radius 1 is 0.864 bits per heavy atom. The minimum absolute atomic E-state index is 0.705. The van der Waals surface area contributed by atoms with Crippen LogP contribution in [0.1, 0.15) is 62.2 Å². The Hall–Kier alpha value is -1.83. The van der Waals surface area contributed by atoms with Crippen LogP contribution in [0.2, 0.25) is 0 Å². The zero-order valence-electron chi connectivity index (χ0n) is 13.5. The van der Waals surface area contributed by atoms with Crippen LogP contribution in [-0.2, 0) is 0 Å². The number of unbranched alkanes of at least 4 members (excludes halogenated alkanes) is 6. The summed E-state index contributed by atoms with van der Waals surface area (Å²) < 4.78 is 5.83. The SMILES string of the molecule is CCCCCCCCCOc1ccc2ccc(C=O)cc2c1. The first-order valence-electron chi connectivity index (χ1n) is 8.45. The van der Waals surface area contributed by atoms with Gasteiger partial charge >= 0.3 is 0 Å². The monoisotopic (exact) mass is 298 g/mol. The molecule has 118 valence electrons. The van der Waals surface area contributed by atoms with E-state index >= 15 is 0 Å². The number of carbonyl (C=O) groups is 1. The number of carbonyl (C=O) groups excluding carboxylic acids is 1. The number of ether oxygens (including phenoxy) is 1. The Kier molecular flexibility index (Phi) is 6.95. The summed E-state index contributed by atoms with van der Waals surface area (Å²) in [7, 11) is 0. The van der Waals surface area contributed by atoms with Gasteiger partial charge in [-0.05, 0) is 35.4 Å². The van der Waals surface area contributed by atoms with E-state index in [1.54, 1.807) is 0 Å². The van der Waals surface area contributed by atoms with Gasteiger partial charge in [-0.25, -0.2) is 0 Å². The molecule has 0 aliphatic carbocycles. The molecule has 2 nitrogen and oxygen atoms in total. The maximum Gasteiger partial charge on any atom is 0.150 e. The summed E-state index contributed by atoms with van der Waals surface area (Å²) in [4.78, 5) is 10.8. The smallest absolute Gasteiger partial charge is 0.150 e. The molecule has 0 saturated heterocycles. The average molecular weight is 298 g/mol. The lowest BCUT2D eigenvalue weighted by Gasteiger charge is -2.08. The summed E-state index contributed by atoms with van der Waals surface area (Å²) in [5.41, 5.74) is 0.705. The first kappa shape index (κ1) is 16.5. The van der Waals surface area contributed by atoms with Crippen molar-refractivity contribution in [3.05, 3.63) is 42.0 Å². The van der Waals surface area contributed by atoms with Gasteiger partial charge in [0.25, 0.3) is 0 Å². The van der Waals surface area contributed by atoms with Gasteiger partial charge in [-0.2, -0.15) is 0 Å². The fourth-order valence-electron chi connectivity index (χ4n) is 2.66. The van der Waals surface area contributed by atoms with Crippen molar-refractivity contribution >= 4 is 17.1 Å². The maximum atomic E-state index is 10.8. The van der Waals surface area contributed by atoms with Crippen molar-refractivity contribution in [3.8, 4) is 5.75 Å². The molecule has 0 amide bonds. The summed E-state index contributed by atoms with van der Waals surface area (Å²) in [6.07, 6.45) is 9.91. The lowest BCUT2D eigenvalue weighted by Crippen LogP contribution is -1.97. The molecule has 2 aromatic rings. The van der Waals surface area contributed by atoms with Crippen molar-refractivity contribution in [1.82, 2.24) is 0 Å². The molecule has 0 N–H and O–H groups in total. The van der Waals surface area contributed by atoms with E-state index in [0.717, 1.165) is 35.8 Å². The first-order valence-corrected chi connectivity index (χ1v) is 8.45. The number of rotatable bonds is 10. The Morgan fingerprint density at radius 3 is 2.36 bits per heavy atom. The highest BCUT2D eigenvalue weighted by molar-refractivity contribution is 5.89. The Balaban J connectivity index is 1.76. The summed E-state index contributed by atoms with van der Waals surface area (Å²) >= 11 is 0. The van der Waals surface area contributed by atoms with Crippen molar-refractivity contribution in [1.29, 1.82) is 0 Å². The van der Waals surface area contributed by atoms with Gasteiger partial charge in [0.05, 0.1) is 6.61 Å². The van der Waals surface area contributed by atoms with E-state index in [2.05, 4.69) is 6.92 Å². The fourth-order valence-corrected chi connectivity index (χ4v) is 2.66. The quantitative estimate of drug-likeness (QED) is 0.410. The number of hydrogen-bond donors (Lipinski definition) is 0. The molecular weight excluding hydrogens is 272 g/mol. The number of fused-ring (bicyclic) bond motifs is 1. The van der Waals surface area contributed by atoms with E-state index in [-0.39, 0.29) is 0 Å². The lowest BCUT2D eigenvalue weighted by atomic mass is 10.1. The molecular formula is C20H26O2. The molecule has 0 bridgehead atoms. The predicted molar refractivity (Wildman–Crippen MR) is 92.8 cm³/mol. The van der Waals surface area contributed by atoms with Crippen LogP contribution in [0.3, 0.4) is 0 Å². The molecule has 0 aromatic heterocycles. The molecule has 0 fully saturated rings. The normalized spacial score (nSPS) is 10.8. The van der Waals surface area contributed by atoms with Gasteiger partial charge in [0.15, 0.2) is 0 Å². The van der Waals surface area contributed by atoms with E-state index in [9.17, 15) is 4.79 Å². The van der Waals surface area contributed by atoms with Crippen molar-refractivity contribution < 1.29 is 9.53 Å². The third kappa shape index (κ3) is 5.18. The molecule has 0 radical (unpaired) electrons. The van der Waals surface area contributed by atoms with Crippen LogP contribution in [0.25, 0.3) is 10.8 Å². The van der Waals surface area contributed by atoms with E-state index in [1.165, 1.54) is 38.5 Å². The van der Waals surface area contributed by atoms with E-state index in [4.69, 9.17) is 4.74 Å². The molecule has 0 unspecified atom stereocenters. The molecule has 0 saturated carbocycles. The summed E-state index contributed by atoms with van der Waals surface area (Å²) in [6.45, 7) is 3.02. The summed E-state index contributed by atoms with van der Waals surface area (Å²) in [5.74, 6) is 0.890. The van der Waals surface area contributed by atoms with Crippen molar-refractivity contribution in [3.63, 3.8) is 0 Å². The average Bonchev–Trinajstić information content (AvgIpc) is 2.56. The molecule has 0 atom stereocenters. The Labute approximate surface area is 133 Å². The standard InChI is InChI=1S/C20H26O2/c1-2-3-4-5-6-7-8-13-22-20-12-11-18-10-9-17(16-21)14-19(18)15-20/h9-12,14-16H,2-8,13H2,1H3. The van der Waals surface area contributed by atoms with Crippen LogP contribution in [0.4, 0.5) is 0 Å². The second-order valence-electron chi connectivity index (χ2n) is 5.86. The van der Waals surface area contributed by atoms with Gasteiger partial charge in [0.2, 0.25) is 0 Å². The van der Waals surface area contributed by atoms with E-state index < -0.39 is 0 Å². The fraction of sp³-hybridized carbons (Fsp3) is 0.450. The third-order valence-corrected chi connectivity index (χ3v) is 3.99. The van der Waals surface area contributed by atoms with Crippen molar-refractivity contribution in [2.45, 2.75) is 51.9 Å². The Morgan fingerprint density at radius 2 is 1.59 bits per heavy atom. The van der Waals surface area contributed by atoms with Gasteiger partial charge in [0, 0.05) is 5.56 Å². The number of aldehydes is 1. The highest BCUT2D eigenvalue weighted by Gasteiger charge is 1.99. The van der Waals surface area contributed by atoms with Crippen LogP contribution in [0, 0.1) is 0 Å². The predicted octanol–water partition coefficient (Wildman–Crippen LogP) is 5.78. The lowest BCUT2D eigenvalue weighted by molar-refractivity contribution is 0.112. The van der Waals surface area contributed by atoms with Crippen molar-refractivity contribution in [2.24, 2.45) is 0 Å². The summed E-state index contributed by atoms with van der Waals surface area (Å²) in [5, 5.41) is 2.19. The number of benzene rings is 2. The molecule has 0 aliphatic rings. The van der Waals surface area contributed by atoms with Gasteiger partial charge in [0.1, 0.15) is 12.0 Å². The van der Waals surface area contributed by atoms with Crippen LogP contribution < -0.4 is 4.74 Å². The first-order chi connectivity index (χ1) is 10.8. The van der Waals surface area contributed by atoms with Gasteiger partial charge < -0.3 is 4.74 Å². The van der Waals surface area contributed by atoms with Crippen LogP contribution >= 0.6 is 0 Å².